The Morgan fingerprint density at radius 3 is 2.40 bits per heavy atom. The smallest absolute Gasteiger partial charge is 0.339 e. The van der Waals surface area contributed by atoms with E-state index in [1.807, 2.05) is 24.0 Å². The summed E-state index contributed by atoms with van der Waals surface area (Å²) in [6.07, 6.45) is 5.12. The first-order valence-electron chi connectivity index (χ1n) is 9.58. The quantitative estimate of drug-likeness (QED) is 0.655. The highest BCUT2D eigenvalue weighted by atomic mass is 32.2. The zero-order valence-electron chi connectivity index (χ0n) is 16.4. The Kier molecular flexibility index (Phi) is 5.35. The number of aromatic carboxylic acids is 1. The summed E-state index contributed by atoms with van der Waals surface area (Å²) in [4.78, 5) is 26.2. The molecule has 1 N–H and O–H groups in total. The fourth-order valence-corrected chi connectivity index (χ4v) is 4.86. The minimum absolute atomic E-state index is 0.0152. The van der Waals surface area contributed by atoms with Crippen molar-refractivity contribution in [2.45, 2.75) is 18.2 Å². The van der Waals surface area contributed by atoms with Crippen molar-refractivity contribution in [3.63, 3.8) is 0 Å². The van der Waals surface area contributed by atoms with E-state index in [0.29, 0.717) is 37.5 Å². The van der Waals surface area contributed by atoms with E-state index in [2.05, 4.69) is 15.0 Å². The fourth-order valence-electron chi connectivity index (χ4n) is 3.44. The van der Waals surface area contributed by atoms with Gasteiger partial charge in [-0.25, -0.2) is 23.2 Å². The number of anilines is 1. The summed E-state index contributed by atoms with van der Waals surface area (Å²) in [6, 6.07) is 6.97. The van der Waals surface area contributed by atoms with Crippen LogP contribution in [0.1, 0.15) is 22.8 Å². The van der Waals surface area contributed by atoms with Gasteiger partial charge in [0.1, 0.15) is 22.4 Å². The molecule has 4 rings (SSSR count). The average molecular weight is 427 g/mol. The number of nitrogens with zero attached hydrogens (tertiary/aromatic N) is 5. The molecule has 10 heteroatoms. The zero-order chi connectivity index (χ0) is 21.3. The fraction of sp³-hybridized carbons (Fsp3) is 0.300. The highest BCUT2D eigenvalue weighted by Crippen LogP contribution is 2.22. The molecule has 1 aromatic carbocycles. The summed E-state index contributed by atoms with van der Waals surface area (Å²) in [5, 5.41) is 9.35. The zero-order valence-corrected chi connectivity index (χ0v) is 17.2. The Hall–Kier alpha value is -3.11. The Morgan fingerprint density at radius 1 is 1.07 bits per heavy atom. The van der Waals surface area contributed by atoms with Crippen molar-refractivity contribution in [1.29, 1.82) is 0 Å². The number of benzene rings is 1. The predicted octanol–water partition coefficient (Wildman–Crippen LogP) is 1.80. The van der Waals surface area contributed by atoms with Crippen molar-refractivity contribution >= 4 is 32.8 Å². The number of pyridine rings is 1. The van der Waals surface area contributed by atoms with E-state index >= 15 is 0 Å². The van der Waals surface area contributed by atoms with E-state index in [4.69, 9.17) is 0 Å². The first kappa shape index (κ1) is 20.2. The molecule has 1 fully saturated rings. The van der Waals surface area contributed by atoms with Crippen LogP contribution in [0, 0.1) is 0 Å². The summed E-state index contributed by atoms with van der Waals surface area (Å²) in [5.74, 6) is -0.606. The molecular formula is C20H21N5O4S. The van der Waals surface area contributed by atoms with Gasteiger partial charge in [0.25, 0.3) is 0 Å². The van der Waals surface area contributed by atoms with Gasteiger partial charge in [-0.3, -0.25) is 4.98 Å². The van der Waals surface area contributed by atoms with Gasteiger partial charge in [-0.1, -0.05) is 19.1 Å². The molecule has 0 atom stereocenters. The number of fused-ring (bicyclic) bond motifs is 1. The third kappa shape index (κ3) is 3.71. The second-order valence-electron chi connectivity index (χ2n) is 6.98. The van der Waals surface area contributed by atoms with E-state index < -0.39 is 16.0 Å². The minimum Gasteiger partial charge on any atom is -0.478 e. The SMILES string of the molecule is CCc1ccc(S(=O)(=O)N2CCN(c3cnc4cncc(C(=O)O)c4n3)CC2)cc1. The van der Waals surface area contributed by atoms with Crippen LogP contribution in [0.15, 0.2) is 47.8 Å². The highest BCUT2D eigenvalue weighted by molar-refractivity contribution is 7.89. The number of hydrogen-bond acceptors (Lipinski definition) is 7. The molecule has 1 aliphatic rings. The lowest BCUT2D eigenvalue weighted by atomic mass is 10.2. The lowest BCUT2D eigenvalue weighted by molar-refractivity contribution is 0.0698. The summed E-state index contributed by atoms with van der Waals surface area (Å²) < 4.78 is 27.3. The lowest BCUT2D eigenvalue weighted by Crippen LogP contribution is -2.49. The van der Waals surface area contributed by atoms with Gasteiger partial charge in [-0.2, -0.15) is 4.31 Å². The average Bonchev–Trinajstić information content (AvgIpc) is 2.78. The summed E-state index contributed by atoms with van der Waals surface area (Å²) >= 11 is 0. The third-order valence-corrected chi connectivity index (χ3v) is 7.12. The molecule has 0 saturated carbocycles. The van der Waals surface area contributed by atoms with Crippen molar-refractivity contribution in [2.75, 3.05) is 31.1 Å². The number of piperazine rings is 1. The molecule has 1 saturated heterocycles. The first-order chi connectivity index (χ1) is 14.4. The van der Waals surface area contributed by atoms with Gasteiger partial charge in [0.05, 0.1) is 17.3 Å². The van der Waals surface area contributed by atoms with Gasteiger partial charge in [-0.15, -0.1) is 0 Å². The van der Waals surface area contributed by atoms with Crippen LogP contribution < -0.4 is 4.90 Å². The Bertz CT molecular complexity index is 1190. The lowest BCUT2D eigenvalue weighted by Gasteiger charge is -2.34. The second-order valence-corrected chi connectivity index (χ2v) is 8.91. The van der Waals surface area contributed by atoms with Crippen molar-refractivity contribution in [3.8, 4) is 0 Å². The van der Waals surface area contributed by atoms with Crippen LogP contribution in [0.2, 0.25) is 0 Å². The van der Waals surface area contributed by atoms with E-state index in [1.165, 1.54) is 16.7 Å². The molecule has 0 amide bonds. The third-order valence-electron chi connectivity index (χ3n) is 5.21. The summed E-state index contributed by atoms with van der Waals surface area (Å²) in [5.41, 5.74) is 1.74. The molecule has 0 radical (unpaired) electrons. The molecule has 0 unspecified atom stereocenters. The van der Waals surface area contributed by atoms with E-state index in [0.717, 1.165) is 12.0 Å². The van der Waals surface area contributed by atoms with Gasteiger partial charge in [0, 0.05) is 32.4 Å². The number of carboxylic acids is 1. The number of aromatic nitrogens is 3. The second kappa shape index (κ2) is 7.96. The van der Waals surface area contributed by atoms with Crippen LogP contribution in [-0.4, -0.2) is 64.9 Å². The maximum absolute atomic E-state index is 12.9. The number of sulfonamides is 1. The molecule has 30 heavy (non-hydrogen) atoms. The number of carboxylic acid groups (broad SMARTS) is 1. The van der Waals surface area contributed by atoms with Crippen molar-refractivity contribution in [1.82, 2.24) is 19.3 Å². The van der Waals surface area contributed by atoms with Crippen molar-refractivity contribution in [3.05, 3.63) is 54.0 Å². The van der Waals surface area contributed by atoms with Crippen molar-refractivity contribution < 1.29 is 18.3 Å². The molecule has 0 bridgehead atoms. The summed E-state index contributed by atoms with van der Waals surface area (Å²) in [6.45, 7) is 3.49. The van der Waals surface area contributed by atoms with Gasteiger partial charge in [-0.05, 0) is 24.1 Å². The molecule has 9 nitrogen and oxygen atoms in total. The first-order valence-corrected chi connectivity index (χ1v) is 11.0. The molecular weight excluding hydrogens is 406 g/mol. The number of hydrogen-bond donors (Lipinski definition) is 1. The maximum Gasteiger partial charge on any atom is 0.339 e. The van der Waals surface area contributed by atoms with Crippen LogP contribution in [0.5, 0.6) is 0 Å². The van der Waals surface area contributed by atoms with E-state index in [1.54, 1.807) is 18.3 Å². The molecule has 1 aliphatic heterocycles. The Balaban J connectivity index is 1.53. The molecule has 0 aliphatic carbocycles. The largest absolute Gasteiger partial charge is 0.478 e. The minimum atomic E-state index is -3.56. The van der Waals surface area contributed by atoms with Crippen LogP contribution >= 0.6 is 0 Å². The molecule has 0 spiro atoms. The molecule has 3 aromatic rings. The van der Waals surface area contributed by atoms with E-state index in [-0.39, 0.29) is 16.0 Å². The van der Waals surface area contributed by atoms with Crippen LogP contribution in [0.25, 0.3) is 11.0 Å². The normalized spacial score (nSPS) is 15.4. The van der Waals surface area contributed by atoms with Crippen LogP contribution in [0.4, 0.5) is 5.82 Å². The van der Waals surface area contributed by atoms with Crippen LogP contribution in [-0.2, 0) is 16.4 Å². The topological polar surface area (TPSA) is 117 Å². The van der Waals surface area contributed by atoms with Gasteiger partial charge < -0.3 is 10.0 Å². The number of aryl methyl sites for hydroxylation is 1. The summed E-state index contributed by atoms with van der Waals surface area (Å²) in [7, 11) is -3.56. The van der Waals surface area contributed by atoms with Crippen LogP contribution in [0.3, 0.4) is 0 Å². The molecule has 3 heterocycles. The number of rotatable bonds is 5. The standard InChI is InChI=1S/C20H21N5O4S/c1-2-14-3-5-15(6-4-14)30(28,29)25-9-7-24(8-10-25)18-13-22-17-12-21-11-16(20(26)27)19(17)23-18/h3-6,11-13H,2,7-10H2,1H3,(H,26,27). The van der Waals surface area contributed by atoms with Gasteiger partial charge in [0.15, 0.2) is 0 Å². The number of carbonyl (C=O) groups is 1. The maximum atomic E-state index is 12.9. The Labute approximate surface area is 174 Å². The van der Waals surface area contributed by atoms with Gasteiger partial charge >= 0.3 is 5.97 Å². The predicted molar refractivity (Wildman–Crippen MR) is 111 cm³/mol. The van der Waals surface area contributed by atoms with E-state index in [9.17, 15) is 18.3 Å². The van der Waals surface area contributed by atoms with Gasteiger partial charge in [0.2, 0.25) is 10.0 Å². The Morgan fingerprint density at radius 2 is 1.77 bits per heavy atom. The molecule has 156 valence electrons. The van der Waals surface area contributed by atoms with Crippen molar-refractivity contribution in [2.24, 2.45) is 0 Å². The highest BCUT2D eigenvalue weighted by Gasteiger charge is 2.29. The molecule has 2 aromatic heterocycles. The monoisotopic (exact) mass is 427 g/mol.